The van der Waals surface area contributed by atoms with Gasteiger partial charge in [0.05, 0.1) is 17.8 Å². The topological polar surface area (TPSA) is 29.9 Å². The van der Waals surface area contributed by atoms with Crippen LogP contribution < -0.4 is 5.32 Å². The smallest absolute Gasteiger partial charge is 0.317 e. The molecule has 1 saturated carbocycles. The van der Waals surface area contributed by atoms with Crippen molar-refractivity contribution in [3.05, 3.63) is 18.0 Å². The van der Waals surface area contributed by atoms with Crippen molar-refractivity contribution >= 4 is 0 Å². The molecule has 0 radical (unpaired) electrons. The molecule has 1 N–H and O–H groups in total. The van der Waals surface area contributed by atoms with Gasteiger partial charge in [-0.2, -0.15) is 18.3 Å². The SMILES string of the molecule is CNC1CCCC(n2cc(C(F)(F)F)cn2)C1. The number of aromatic nitrogens is 2. The summed E-state index contributed by atoms with van der Waals surface area (Å²) in [4.78, 5) is 0. The second kappa shape index (κ2) is 4.68. The Hall–Kier alpha value is -1.04. The van der Waals surface area contributed by atoms with Crippen molar-refractivity contribution < 1.29 is 13.2 Å². The Bertz CT molecular complexity index is 372. The molecular formula is C11H16F3N3. The first-order valence-electron chi connectivity index (χ1n) is 5.79. The summed E-state index contributed by atoms with van der Waals surface area (Å²) in [6.07, 6.45) is 1.57. The number of hydrogen-bond donors (Lipinski definition) is 1. The minimum atomic E-state index is -4.30. The molecule has 0 bridgehead atoms. The Morgan fingerprint density at radius 2 is 2.18 bits per heavy atom. The Labute approximate surface area is 98.0 Å². The molecule has 1 aliphatic carbocycles. The van der Waals surface area contributed by atoms with Gasteiger partial charge in [0.15, 0.2) is 0 Å². The van der Waals surface area contributed by atoms with Gasteiger partial charge >= 0.3 is 6.18 Å². The maximum absolute atomic E-state index is 12.4. The van der Waals surface area contributed by atoms with E-state index >= 15 is 0 Å². The van der Waals surface area contributed by atoms with Crippen molar-refractivity contribution in [1.29, 1.82) is 0 Å². The number of hydrogen-bond acceptors (Lipinski definition) is 2. The molecule has 0 amide bonds. The van der Waals surface area contributed by atoms with E-state index in [4.69, 9.17) is 0 Å². The fourth-order valence-electron chi connectivity index (χ4n) is 2.35. The monoisotopic (exact) mass is 247 g/mol. The lowest BCUT2D eigenvalue weighted by atomic mass is 9.91. The molecule has 1 heterocycles. The molecule has 3 nitrogen and oxygen atoms in total. The summed E-state index contributed by atoms with van der Waals surface area (Å²) in [5.74, 6) is 0. The first-order chi connectivity index (χ1) is 8.00. The Kier molecular flexibility index (Phi) is 3.42. The predicted molar refractivity (Wildman–Crippen MR) is 57.6 cm³/mol. The summed E-state index contributed by atoms with van der Waals surface area (Å²) in [5, 5.41) is 7.02. The van der Waals surface area contributed by atoms with Crippen LogP contribution in [0.15, 0.2) is 12.4 Å². The summed E-state index contributed by atoms with van der Waals surface area (Å²) >= 11 is 0. The minimum Gasteiger partial charge on any atom is -0.317 e. The highest BCUT2D eigenvalue weighted by Gasteiger charge is 2.33. The van der Waals surface area contributed by atoms with E-state index in [9.17, 15) is 13.2 Å². The Morgan fingerprint density at radius 3 is 2.76 bits per heavy atom. The molecule has 1 fully saturated rings. The van der Waals surface area contributed by atoms with Crippen LogP contribution in [-0.2, 0) is 6.18 Å². The number of halogens is 3. The van der Waals surface area contributed by atoms with Crippen molar-refractivity contribution in [2.24, 2.45) is 0 Å². The molecule has 0 saturated heterocycles. The van der Waals surface area contributed by atoms with E-state index in [0.717, 1.165) is 38.1 Å². The molecule has 0 aliphatic heterocycles. The van der Waals surface area contributed by atoms with Crippen molar-refractivity contribution in [3.63, 3.8) is 0 Å². The normalized spacial score (nSPS) is 26.1. The maximum atomic E-state index is 12.4. The standard InChI is InChI=1S/C11H16F3N3/c1-15-9-3-2-4-10(5-9)17-7-8(6-16-17)11(12,13)14/h6-7,9-10,15H,2-5H2,1H3. The van der Waals surface area contributed by atoms with Crippen molar-refractivity contribution in [2.75, 3.05) is 7.05 Å². The third-order valence-corrected chi connectivity index (χ3v) is 3.36. The summed E-state index contributed by atoms with van der Waals surface area (Å²) in [7, 11) is 1.89. The molecule has 2 rings (SSSR count). The van der Waals surface area contributed by atoms with Crippen LogP contribution in [0.2, 0.25) is 0 Å². The molecule has 2 atom stereocenters. The quantitative estimate of drug-likeness (QED) is 0.870. The number of nitrogens with zero attached hydrogens (tertiary/aromatic N) is 2. The van der Waals surface area contributed by atoms with E-state index in [-0.39, 0.29) is 6.04 Å². The summed E-state index contributed by atoms with van der Waals surface area (Å²) in [5.41, 5.74) is -0.663. The van der Waals surface area contributed by atoms with Crippen LogP contribution in [0.3, 0.4) is 0 Å². The van der Waals surface area contributed by atoms with Crippen LogP contribution in [-0.4, -0.2) is 22.9 Å². The van der Waals surface area contributed by atoms with Crippen LogP contribution in [0.5, 0.6) is 0 Å². The molecule has 0 aromatic carbocycles. The van der Waals surface area contributed by atoms with E-state index < -0.39 is 11.7 Å². The highest BCUT2D eigenvalue weighted by atomic mass is 19.4. The van der Waals surface area contributed by atoms with Gasteiger partial charge in [0.1, 0.15) is 0 Å². The fraction of sp³-hybridized carbons (Fsp3) is 0.727. The molecule has 17 heavy (non-hydrogen) atoms. The summed E-state index contributed by atoms with van der Waals surface area (Å²) < 4.78 is 38.8. The summed E-state index contributed by atoms with van der Waals surface area (Å²) in [6.45, 7) is 0. The van der Waals surface area contributed by atoms with E-state index in [1.165, 1.54) is 4.68 Å². The fourth-order valence-corrected chi connectivity index (χ4v) is 2.35. The molecule has 1 aliphatic rings. The second-order valence-corrected chi connectivity index (χ2v) is 4.51. The molecule has 1 aromatic rings. The van der Waals surface area contributed by atoms with Crippen LogP contribution in [0.25, 0.3) is 0 Å². The van der Waals surface area contributed by atoms with Crippen LogP contribution >= 0.6 is 0 Å². The van der Waals surface area contributed by atoms with Gasteiger partial charge in [0.25, 0.3) is 0 Å². The Balaban J connectivity index is 2.09. The first-order valence-corrected chi connectivity index (χ1v) is 5.79. The summed E-state index contributed by atoms with van der Waals surface area (Å²) in [6, 6.07) is 0.463. The highest BCUT2D eigenvalue weighted by Crippen LogP contribution is 2.32. The molecule has 0 spiro atoms. The number of nitrogens with one attached hydrogen (secondary N) is 1. The molecule has 1 aromatic heterocycles. The van der Waals surface area contributed by atoms with E-state index in [1.54, 1.807) is 0 Å². The van der Waals surface area contributed by atoms with Gasteiger partial charge in [-0.15, -0.1) is 0 Å². The molecular weight excluding hydrogens is 231 g/mol. The lowest BCUT2D eigenvalue weighted by Crippen LogP contribution is -2.32. The lowest BCUT2D eigenvalue weighted by Gasteiger charge is -2.29. The second-order valence-electron chi connectivity index (χ2n) is 4.51. The van der Waals surface area contributed by atoms with Gasteiger partial charge < -0.3 is 5.32 Å². The van der Waals surface area contributed by atoms with E-state index in [0.29, 0.717) is 6.04 Å². The highest BCUT2D eigenvalue weighted by molar-refractivity contribution is 5.09. The number of alkyl halides is 3. The minimum absolute atomic E-state index is 0.0808. The zero-order valence-electron chi connectivity index (χ0n) is 9.67. The molecule has 6 heteroatoms. The first kappa shape index (κ1) is 12.4. The van der Waals surface area contributed by atoms with Crippen LogP contribution in [0.4, 0.5) is 13.2 Å². The zero-order chi connectivity index (χ0) is 12.5. The van der Waals surface area contributed by atoms with Crippen molar-refractivity contribution in [1.82, 2.24) is 15.1 Å². The zero-order valence-corrected chi connectivity index (χ0v) is 9.67. The molecule has 2 unspecified atom stereocenters. The average Bonchev–Trinajstić information content (AvgIpc) is 2.78. The third kappa shape index (κ3) is 2.80. The average molecular weight is 247 g/mol. The largest absolute Gasteiger partial charge is 0.419 e. The van der Waals surface area contributed by atoms with Crippen molar-refractivity contribution in [3.8, 4) is 0 Å². The predicted octanol–water partition coefficient (Wildman–Crippen LogP) is 2.61. The Morgan fingerprint density at radius 1 is 1.41 bits per heavy atom. The lowest BCUT2D eigenvalue weighted by molar-refractivity contribution is -0.137. The van der Waals surface area contributed by atoms with Crippen LogP contribution in [0, 0.1) is 0 Å². The van der Waals surface area contributed by atoms with Gasteiger partial charge in [0, 0.05) is 12.2 Å². The van der Waals surface area contributed by atoms with Gasteiger partial charge in [-0.25, -0.2) is 0 Å². The molecule has 96 valence electrons. The van der Waals surface area contributed by atoms with Crippen LogP contribution in [0.1, 0.15) is 37.3 Å². The van der Waals surface area contributed by atoms with Gasteiger partial charge in [-0.3, -0.25) is 4.68 Å². The van der Waals surface area contributed by atoms with Gasteiger partial charge in [-0.1, -0.05) is 0 Å². The van der Waals surface area contributed by atoms with Gasteiger partial charge in [-0.05, 0) is 32.7 Å². The van der Waals surface area contributed by atoms with Crippen molar-refractivity contribution in [2.45, 2.75) is 43.9 Å². The number of rotatable bonds is 2. The maximum Gasteiger partial charge on any atom is 0.419 e. The third-order valence-electron chi connectivity index (χ3n) is 3.36. The van der Waals surface area contributed by atoms with Gasteiger partial charge in [0.2, 0.25) is 0 Å². The van der Waals surface area contributed by atoms with E-state index in [1.807, 2.05) is 7.05 Å². The van der Waals surface area contributed by atoms with E-state index in [2.05, 4.69) is 10.4 Å².